The number of hydrogen-bond donors (Lipinski definition) is 2. The molecule has 0 saturated carbocycles. The highest BCUT2D eigenvalue weighted by atomic mass is 32.2. The number of benzene rings is 1. The number of rotatable bonds is 6. The molecule has 0 fully saturated rings. The fourth-order valence-electron chi connectivity index (χ4n) is 2.97. The van der Waals surface area contributed by atoms with E-state index >= 15 is 0 Å². The topological polar surface area (TPSA) is 80.9 Å². The maximum absolute atomic E-state index is 13.2. The Morgan fingerprint density at radius 3 is 2.57 bits per heavy atom. The summed E-state index contributed by atoms with van der Waals surface area (Å²) in [7, 11) is 0. The van der Waals surface area contributed by atoms with E-state index < -0.39 is 0 Å². The number of hydrogen-bond acceptors (Lipinski definition) is 6. The van der Waals surface area contributed by atoms with Gasteiger partial charge in [-0.1, -0.05) is 37.7 Å². The summed E-state index contributed by atoms with van der Waals surface area (Å²) < 4.78 is 13.2. The Morgan fingerprint density at radius 1 is 1.25 bits per heavy atom. The molecule has 0 aliphatic rings. The standard InChI is InChI=1S/C20H23FN4OS2/c1-10(2)17(13-5-7-14(21)8-6-13)23-15(26)9-27-20-24-18(22)16-11(3)12(4)28-19(16)25-20/h5-8,10,17H,9H2,1-4H3,(H,23,26)(H2,22,24,25). The van der Waals surface area contributed by atoms with E-state index in [1.165, 1.54) is 23.9 Å². The van der Waals surface area contributed by atoms with Gasteiger partial charge in [-0.15, -0.1) is 11.3 Å². The van der Waals surface area contributed by atoms with E-state index in [1.807, 2.05) is 27.7 Å². The molecule has 1 amide bonds. The number of nitrogens with one attached hydrogen (secondary N) is 1. The van der Waals surface area contributed by atoms with Crippen molar-refractivity contribution in [1.29, 1.82) is 0 Å². The Morgan fingerprint density at radius 2 is 1.93 bits per heavy atom. The van der Waals surface area contributed by atoms with E-state index in [1.54, 1.807) is 23.5 Å². The van der Waals surface area contributed by atoms with Crippen LogP contribution in [0.2, 0.25) is 0 Å². The molecule has 2 aromatic heterocycles. The highest BCUT2D eigenvalue weighted by Crippen LogP contribution is 2.33. The number of anilines is 1. The quantitative estimate of drug-likeness (QED) is 0.450. The van der Waals surface area contributed by atoms with Crippen LogP contribution in [0.4, 0.5) is 10.2 Å². The molecule has 1 unspecified atom stereocenters. The molecular weight excluding hydrogens is 395 g/mol. The van der Waals surface area contributed by atoms with E-state index in [4.69, 9.17) is 5.73 Å². The number of nitrogen functional groups attached to an aromatic ring is 1. The first-order valence-electron chi connectivity index (χ1n) is 8.97. The number of nitrogens with zero attached hydrogens (tertiary/aromatic N) is 2. The molecule has 2 heterocycles. The Kier molecular flexibility index (Phi) is 6.20. The van der Waals surface area contributed by atoms with Gasteiger partial charge in [-0.3, -0.25) is 4.79 Å². The van der Waals surface area contributed by atoms with Gasteiger partial charge in [0, 0.05) is 4.88 Å². The minimum Gasteiger partial charge on any atom is -0.383 e. The molecule has 8 heteroatoms. The van der Waals surface area contributed by atoms with Crippen LogP contribution in [-0.2, 0) is 4.79 Å². The number of halogens is 1. The van der Waals surface area contributed by atoms with Crippen molar-refractivity contribution in [3.63, 3.8) is 0 Å². The number of carbonyl (C=O) groups excluding carboxylic acids is 1. The predicted molar refractivity (Wildman–Crippen MR) is 114 cm³/mol. The lowest BCUT2D eigenvalue weighted by molar-refractivity contribution is -0.119. The molecular formula is C20H23FN4OS2. The van der Waals surface area contributed by atoms with Crippen LogP contribution in [0, 0.1) is 25.6 Å². The van der Waals surface area contributed by atoms with Gasteiger partial charge in [0.15, 0.2) is 5.16 Å². The van der Waals surface area contributed by atoms with Crippen LogP contribution in [-0.4, -0.2) is 21.6 Å². The van der Waals surface area contributed by atoms with Crippen LogP contribution in [0.15, 0.2) is 29.4 Å². The Hall–Kier alpha value is -2.19. The minimum atomic E-state index is -0.294. The van der Waals surface area contributed by atoms with Crippen molar-refractivity contribution < 1.29 is 9.18 Å². The fraction of sp³-hybridized carbons (Fsp3) is 0.350. The number of amides is 1. The third-order valence-electron chi connectivity index (χ3n) is 4.58. The fourth-order valence-corrected chi connectivity index (χ4v) is 4.73. The second-order valence-electron chi connectivity index (χ2n) is 6.98. The molecule has 3 rings (SSSR count). The predicted octanol–water partition coefficient (Wildman–Crippen LogP) is 4.64. The lowest BCUT2D eigenvalue weighted by Crippen LogP contribution is -2.33. The minimum absolute atomic E-state index is 0.131. The van der Waals surface area contributed by atoms with Gasteiger partial charge in [0.1, 0.15) is 16.5 Å². The Balaban J connectivity index is 1.69. The van der Waals surface area contributed by atoms with Gasteiger partial charge in [-0.25, -0.2) is 14.4 Å². The van der Waals surface area contributed by atoms with Crippen LogP contribution >= 0.6 is 23.1 Å². The number of aryl methyl sites for hydroxylation is 2. The highest BCUT2D eigenvalue weighted by Gasteiger charge is 2.19. The zero-order valence-corrected chi connectivity index (χ0v) is 17.9. The van der Waals surface area contributed by atoms with Crippen molar-refractivity contribution in [2.45, 2.75) is 38.9 Å². The second kappa shape index (κ2) is 8.45. The summed E-state index contributed by atoms with van der Waals surface area (Å²) >= 11 is 2.84. The first kappa shape index (κ1) is 20.5. The molecule has 148 valence electrons. The summed E-state index contributed by atoms with van der Waals surface area (Å²) in [6.45, 7) is 8.07. The van der Waals surface area contributed by atoms with Crippen LogP contribution < -0.4 is 11.1 Å². The first-order valence-corrected chi connectivity index (χ1v) is 10.8. The molecule has 28 heavy (non-hydrogen) atoms. The van der Waals surface area contributed by atoms with Crippen molar-refractivity contribution in [2.24, 2.45) is 5.92 Å². The van der Waals surface area contributed by atoms with E-state index in [0.29, 0.717) is 11.0 Å². The van der Waals surface area contributed by atoms with E-state index in [0.717, 1.165) is 26.2 Å². The van der Waals surface area contributed by atoms with E-state index in [9.17, 15) is 9.18 Å². The van der Waals surface area contributed by atoms with Crippen LogP contribution in [0.3, 0.4) is 0 Å². The third kappa shape index (κ3) is 4.44. The zero-order valence-electron chi connectivity index (χ0n) is 16.2. The smallest absolute Gasteiger partial charge is 0.230 e. The summed E-state index contributed by atoms with van der Waals surface area (Å²) in [6, 6.07) is 6.02. The van der Waals surface area contributed by atoms with Crippen molar-refractivity contribution >= 4 is 45.0 Å². The number of nitrogens with two attached hydrogens (primary N) is 1. The maximum atomic E-state index is 13.2. The molecule has 0 bridgehead atoms. The van der Waals surface area contributed by atoms with Crippen molar-refractivity contribution in [1.82, 2.24) is 15.3 Å². The number of carbonyl (C=O) groups is 1. The molecule has 0 saturated heterocycles. The molecule has 3 N–H and O–H groups in total. The van der Waals surface area contributed by atoms with Crippen LogP contribution in [0.25, 0.3) is 10.2 Å². The van der Waals surface area contributed by atoms with Gasteiger partial charge in [0.2, 0.25) is 5.91 Å². The molecule has 0 aliphatic heterocycles. The summed E-state index contributed by atoms with van der Waals surface area (Å²) in [4.78, 5) is 23.4. The summed E-state index contributed by atoms with van der Waals surface area (Å²) in [5.41, 5.74) is 8.08. The van der Waals surface area contributed by atoms with Crippen molar-refractivity contribution in [3.8, 4) is 0 Å². The maximum Gasteiger partial charge on any atom is 0.230 e. The number of thioether (sulfide) groups is 1. The second-order valence-corrected chi connectivity index (χ2v) is 9.13. The lowest BCUT2D eigenvalue weighted by Gasteiger charge is -2.23. The van der Waals surface area contributed by atoms with Gasteiger partial charge in [-0.2, -0.15) is 0 Å². The first-order chi connectivity index (χ1) is 13.3. The normalized spacial score (nSPS) is 12.5. The van der Waals surface area contributed by atoms with E-state index in [-0.39, 0.29) is 29.4 Å². The average molecular weight is 419 g/mol. The van der Waals surface area contributed by atoms with Gasteiger partial charge in [0.05, 0.1) is 17.2 Å². The van der Waals surface area contributed by atoms with Crippen molar-refractivity contribution in [3.05, 3.63) is 46.1 Å². The summed E-state index contributed by atoms with van der Waals surface area (Å²) in [5.74, 6) is 0.366. The Labute approximate surface area is 172 Å². The largest absolute Gasteiger partial charge is 0.383 e. The van der Waals surface area contributed by atoms with Gasteiger partial charge < -0.3 is 11.1 Å². The molecule has 0 spiro atoms. The lowest BCUT2D eigenvalue weighted by atomic mass is 9.96. The molecule has 0 radical (unpaired) electrons. The van der Waals surface area contributed by atoms with Crippen molar-refractivity contribution in [2.75, 3.05) is 11.5 Å². The summed E-state index contributed by atoms with van der Waals surface area (Å²) in [6.07, 6.45) is 0. The molecule has 1 aromatic carbocycles. The Bertz CT molecular complexity index is 1000. The molecule has 5 nitrogen and oxygen atoms in total. The number of aromatic nitrogens is 2. The SMILES string of the molecule is Cc1sc2nc(SCC(=O)NC(c3ccc(F)cc3)C(C)C)nc(N)c2c1C. The number of thiophene rings is 1. The summed E-state index contributed by atoms with van der Waals surface area (Å²) in [5, 5.41) is 4.41. The van der Waals surface area contributed by atoms with Gasteiger partial charge in [0.25, 0.3) is 0 Å². The molecule has 1 atom stereocenters. The van der Waals surface area contributed by atoms with Gasteiger partial charge >= 0.3 is 0 Å². The molecule has 0 aliphatic carbocycles. The van der Waals surface area contributed by atoms with Crippen LogP contribution in [0.5, 0.6) is 0 Å². The monoisotopic (exact) mass is 418 g/mol. The third-order valence-corrected chi connectivity index (χ3v) is 6.53. The number of fused-ring (bicyclic) bond motifs is 1. The average Bonchev–Trinajstić information content (AvgIpc) is 2.93. The molecule has 3 aromatic rings. The van der Waals surface area contributed by atoms with Gasteiger partial charge in [-0.05, 0) is 43.0 Å². The highest BCUT2D eigenvalue weighted by molar-refractivity contribution is 7.99. The van der Waals surface area contributed by atoms with E-state index in [2.05, 4.69) is 15.3 Å². The van der Waals surface area contributed by atoms with Crippen LogP contribution in [0.1, 0.15) is 35.9 Å². The zero-order chi connectivity index (χ0) is 20.4.